The van der Waals surface area contributed by atoms with Gasteiger partial charge in [-0.3, -0.25) is 0 Å². The van der Waals surface area contributed by atoms with Crippen LogP contribution in [0.1, 0.15) is 29.4 Å². The van der Waals surface area contributed by atoms with Crippen molar-refractivity contribution in [2.45, 2.75) is 32.5 Å². The van der Waals surface area contributed by atoms with Crippen LogP contribution in [0.2, 0.25) is 13.1 Å². The molecule has 1 unspecified atom stereocenters. The van der Waals surface area contributed by atoms with Crippen molar-refractivity contribution in [1.82, 2.24) is 0 Å². The quantitative estimate of drug-likeness (QED) is 0.207. The molecule has 0 amide bonds. The second kappa shape index (κ2) is 7.45. The second-order valence-electron chi connectivity index (χ2n) is 8.62. The molecule has 144 valence electrons. The molecule has 0 N–H and O–H groups in total. The van der Waals surface area contributed by atoms with E-state index in [9.17, 15) is 0 Å². The summed E-state index contributed by atoms with van der Waals surface area (Å²) in [5, 5.41) is 4.28. The van der Waals surface area contributed by atoms with Crippen molar-refractivity contribution < 1.29 is 30.6 Å². The smallest absolute Gasteiger partial charge is 0.129 e. The molecule has 1 atom stereocenters. The van der Waals surface area contributed by atoms with Gasteiger partial charge in [0.1, 0.15) is 5.76 Å². The molecular weight excluding hydrogens is 448 g/mol. The molecular formula is C26H25OSiZr-. The van der Waals surface area contributed by atoms with Crippen LogP contribution in [0.4, 0.5) is 0 Å². The average molecular weight is 473 g/mol. The molecule has 1 nitrogen and oxygen atoms in total. The van der Waals surface area contributed by atoms with Crippen LogP contribution >= 0.6 is 0 Å². The molecule has 0 radical (unpaired) electrons. The van der Waals surface area contributed by atoms with Gasteiger partial charge in [0.05, 0.1) is 14.3 Å². The van der Waals surface area contributed by atoms with E-state index in [0.717, 1.165) is 5.54 Å². The first kappa shape index (κ1) is 20.4. The summed E-state index contributed by atoms with van der Waals surface area (Å²) in [5.74, 6) is 1.22. The van der Waals surface area contributed by atoms with Gasteiger partial charge in [-0.2, -0.15) is 6.07 Å². The fourth-order valence-electron chi connectivity index (χ4n) is 5.36. The van der Waals surface area contributed by atoms with Crippen molar-refractivity contribution in [3.8, 4) is 11.1 Å². The molecule has 3 aliphatic rings. The zero-order valence-corrected chi connectivity index (χ0v) is 20.9. The van der Waals surface area contributed by atoms with Gasteiger partial charge in [0.15, 0.2) is 0 Å². The van der Waals surface area contributed by atoms with E-state index in [1.54, 1.807) is 10.8 Å². The van der Waals surface area contributed by atoms with Gasteiger partial charge in [-0.25, -0.2) is 0 Å². The summed E-state index contributed by atoms with van der Waals surface area (Å²) in [5.41, 5.74) is 7.78. The first-order valence-electron chi connectivity index (χ1n) is 9.99. The SMILES string of the molecule is CC1=C2c3occc3C1[Si]2(C)C.Cc1cc2c(-c3ccccc3)cccc2[cH-]1.[Zr]. The average Bonchev–Trinajstić information content (AvgIpc) is 3.38. The Bertz CT molecular complexity index is 1210. The summed E-state index contributed by atoms with van der Waals surface area (Å²) in [6, 6.07) is 23.7. The Morgan fingerprint density at radius 3 is 2.38 bits per heavy atom. The summed E-state index contributed by atoms with van der Waals surface area (Å²) < 4.78 is 5.51. The van der Waals surface area contributed by atoms with Crippen LogP contribution in [0.3, 0.4) is 0 Å². The molecule has 3 heteroatoms. The maximum Gasteiger partial charge on any atom is 0.129 e. The summed E-state index contributed by atoms with van der Waals surface area (Å²) in [6.07, 6.45) is 1.83. The van der Waals surface area contributed by atoms with Crippen LogP contribution in [-0.4, -0.2) is 8.07 Å². The molecule has 1 aliphatic carbocycles. The molecule has 4 aromatic rings. The molecule has 2 aliphatic heterocycles. The third-order valence-electron chi connectivity index (χ3n) is 6.41. The molecule has 0 saturated carbocycles. The molecule has 0 spiro atoms. The Hall–Kier alpha value is -1.83. The van der Waals surface area contributed by atoms with Gasteiger partial charge in [-0.15, -0.1) is 34.5 Å². The maximum absolute atomic E-state index is 5.51. The van der Waals surface area contributed by atoms with Crippen molar-refractivity contribution in [3.05, 3.63) is 95.5 Å². The zero-order chi connectivity index (χ0) is 19.5. The number of furan rings is 1. The van der Waals surface area contributed by atoms with Crippen LogP contribution in [-0.2, 0) is 26.2 Å². The number of allylic oxidation sites excluding steroid dienone is 1. The maximum atomic E-state index is 5.51. The second-order valence-corrected chi connectivity index (χ2v) is 13.1. The third kappa shape index (κ3) is 3.10. The molecule has 0 fully saturated rings. The van der Waals surface area contributed by atoms with Crippen LogP contribution in [0.15, 0.2) is 83.0 Å². The zero-order valence-electron chi connectivity index (χ0n) is 17.4. The van der Waals surface area contributed by atoms with Crippen LogP contribution in [0, 0.1) is 6.92 Å². The standard InChI is InChI=1S/C16H13.C10H12OSi.Zr/c1-12-10-14-8-5-9-15(16(14)11-12)13-6-3-2-4-7-13;1-6-9-7-4-5-11-8(7)10(6)12(9,2)3;/h2-11H,1H3;4-5,9H,1-3H3;/q-1;;. The Labute approximate surface area is 192 Å². The molecule has 2 bridgehead atoms. The van der Waals surface area contributed by atoms with E-state index in [1.807, 2.05) is 6.26 Å². The van der Waals surface area contributed by atoms with E-state index in [0.29, 0.717) is 0 Å². The summed E-state index contributed by atoms with van der Waals surface area (Å²) >= 11 is 0. The Morgan fingerprint density at radius 1 is 0.931 bits per heavy atom. The van der Waals surface area contributed by atoms with Gasteiger partial charge in [0.25, 0.3) is 0 Å². The monoisotopic (exact) mass is 471 g/mol. The van der Waals surface area contributed by atoms with Crippen LogP contribution in [0.25, 0.3) is 27.1 Å². The van der Waals surface area contributed by atoms with E-state index >= 15 is 0 Å². The predicted octanol–water partition coefficient (Wildman–Crippen LogP) is 7.48. The fraction of sp³-hybridized carbons (Fsp3) is 0.192. The molecule has 1 aromatic heterocycles. The van der Waals surface area contributed by atoms with Gasteiger partial charge in [0.2, 0.25) is 0 Å². The minimum atomic E-state index is -1.08. The van der Waals surface area contributed by atoms with E-state index in [2.05, 4.69) is 93.7 Å². The van der Waals surface area contributed by atoms with Crippen molar-refractivity contribution in [2.24, 2.45) is 0 Å². The number of hydrogen-bond donors (Lipinski definition) is 0. The van der Waals surface area contributed by atoms with Gasteiger partial charge < -0.3 is 4.42 Å². The summed E-state index contributed by atoms with van der Waals surface area (Å²) in [4.78, 5) is 0. The molecule has 3 aromatic carbocycles. The van der Waals surface area contributed by atoms with E-state index in [1.165, 1.54) is 38.8 Å². The number of rotatable bonds is 1. The first-order valence-corrected chi connectivity index (χ1v) is 13.1. The molecule has 3 heterocycles. The molecule has 7 rings (SSSR count). The summed E-state index contributed by atoms with van der Waals surface area (Å²) in [6.45, 7) is 9.29. The van der Waals surface area contributed by atoms with Gasteiger partial charge in [-0.1, -0.05) is 67.6 Å². The molecule has 29 heavy (non-hydrogen) atoms. The van der Waals surface area contributed by atoms with Crippen LogP contribution < -0.4 is 0 Å². The fourth-order valence-corrected chi connectivity index (χ4v) is 9.60. The Kier molecular flexibility index (Phi) is 5.25. The third-order valence-corrected chi connectivity index (χ3v) is 10.5. The van der Waals surface area contributed by atoms with Crippen molar-refractivity contribution >= 4 is 24.0 Å². The number of hydrogen-bond acceptors (Lipinski definition) is 1. The molecule has 0 saturated heterocycles. The van der Waals surface area contributed by atoms with Crippen LogP contribution in [0.5, 0.6) is 0 Å². The van der Waals surface area contributed by atoms with Crippen molar-refractivity contribution in [2.75, 3.05) is 0 Å². The number of fused-ring (bicyclic) bond motifs is 1. The Morgan fingerprint density at radius 2 is 1.69 bits per heavy atom. The number of aryl methyl sites for hydroxylation is 1. The first-order chi connectivity index (χ1) is 13.5. The van der Waals surface area contributed by atoms with Gasteiger partial charge in [-0.05, 0) is 23.7 Å². The van der Waals surface area contributed by atoms with Crippen molar-refractivity contribution in [1.29, 1.82) is 0 Å². The minimum absolute atomic E-state index is 0. The van der Waals surface area contributed by atoms with E-state index < -0.39 is 8.07 Å². The van der Waals surface area contributed by atoms with E-state index in [4.69, 9.17) is 4.42 Å². The van der Waals surface area contributed by atoms with Gasteiger partial charge in [0, 0.05) is 37.3 Å². The Balaban J connectivity index is 0.000000141. The van der Waals surface area contributed by atoms with Crippen molar-refractivity contribution in [3.63, 3.8) is 0 Å². The largest absolute Gasteiger partial charge is 0.465 e. The normalized spacial score (nSPS) is 17.9. The predicted molar refractivity (Wildman–Crippen MR) is 121 cm³/mol. The van der Waals surface area contributed by atoms with E-state index in [-0.39, 0.29) is 26.2 Å². The van der Waals surface area contributed by atoms with Gasteiger partial charge >= 0.3 is 0 Å². The topological polar surface area (TPSA) is 13.1 Å². The summed E-state index contributed by atoms with van der Waals surface area (Å²) in [7, 11) is -1.08. The minimum Gasteiger partial charge on any atom is -0.465 e. The number of benzene rings is 2.